The van der Waals surface area contributed by atoms with Crippen molar-refractivity contribution < 1.29 is 14.3 Å². The van der Waals surface area contributed by atoms with Crippen molar-refractivity contribution in [2.45, 2.75) is 39.7 Å². The van der Waals surface area contributed by atoms with E-state index in [4.69, 9.17) is 4.74 Å². The summed E-state index contributed by atoms with van der Waals surface area (Å²) in [7, 11) is 0. The normalized spacial score (nSPS) is 10.8. The fraction of sp³-hybridized carbons (Fsp3) is 0.412. The maximum Gasteiger partial charge on any atom is 0.306 e. The van der Waals surface area contributed by atoms with Crippen LogP contribution >= 0.6 is 0 Å². The molecule has 4 nitrogen and oxygen atoms in total. The lowest BCUT2D eigenvalue weighted by molar-refractivity contribution is -0.144. The molecule has 0 unspecified atom stereocenters. The third-order valence-corrected chi connectivity index (χ3v) is 3.51. The van der Waals surface area contributed by atoms with E-state index < -0.39 is 0 Å². The first-order valence-electron chi connectivity index (χ1n) is 7.39. The third-order valence-electron chi connectivity index (χ3n) is 3.51. The summed E-state index contributed by atoms with van der Waals surface area (Å²) in [5.74, 6) is -0.260. The second-order valence-corrected chi connectivity index (χ2v) is 5.00. The second-order valence-electron chi connectivity index (χ2n) is 5.00. The number of Topliss-reactive ketones (excluding diaryl/α,β-unsaturated/α-hetero) is 1. The van der Waals surface area contributed by atoms with Gasteiger partial charge in [0.15, 0.2) is 5.78 Å². The van der Waals surface area contributed by atoms with Gasteiger partial charge in [-0.05, 0) is 30.4 Å². The van der Waals surface area contributed by atoms with Gasteiger partial charge in [0.2, 0.25) is 0 Å². The average Bonchev–Trinajstić information content (AvgIpc) is 2.88. The van der Waals surface area contributed by atoms with Crippen LogP contribution in [0.2, 0.25) is 0 Å². The number of nitrogens with zero attached hydrogens (tertiary/aromatic N) is 1. The fourth-order valence-corrected chi connectivity index (χ4v) is 2.50. The van der Waals surface area contributed by atoms with Gasteiger partial charge in [-0.2, -0.15) is 0 Å². The molecule has 1 aromatic carbocycles. The molecule has 0 radical (unpaired) electrons. The zero-order valence-corrected chi connectivity index (χ0v) is 12.6. The first-order chi connectivity index (χ1) is 10.2. The number of fused-ring (bicyclic) bond motifs is 1. The number of aryl methyl sites for hydroxylation is 1. The Morgan fingerprint density at radius 2 is 1.95 bits per heavy atom. The van der Waals surface area contributed by atoms with Crippen molar-refractivity contribution in [3.63, 3.8) is 0 Å². The SMILES string of the molecule is CCOC(=O)CCC(=O)Cn1ccc2cccc(CC)c21. The molecular weight excluding hydrogens is 266 g/mol. The fourth-order valence-electron chi connectivity index (χ4n) is 2.50. The van der Waals surface area contributed by atoms with Gasteiger partial charge in [0.1, 0.15) is 0 Å². The molecule has 0 spiro atoms. The first-order valence-corrected chi connectivity index (χ1v) is 7.39. The highest BCUT2D eigenvalue weighted by molar-refractivity contribution is 5.87. The van der Waals surface area contributed by atoms with Gasteiger partial charge in [0.25, 0.3) is 0 Å². The lowest BCUT2D eigenvalue weighted by atomic mass is 10.1. The Hall–Kier alpha value is -2.10. The zero-order valence-electron chi connectivity index (χ0n) is 12.6. The molecule has 4 heteroatoms. The molecule has 0 N–H and O–H groups in total. The van der Waals surface area contributed by atoms with Crippen LogP contribution in [0, 0.1) is 0 Å². The molecule has 0 saturated carbocycles. The molecule has 0 saturated heterocycles. The minimum absolute atomic E-state index is 0.0476. The molecular formula is C17H21NO3. The Morgan fingerprint density at radius 1 is 1.14 bits per heavy atom. The summed E-state index contributed by atoms with van der Waals surface area (Å²) < 4.78 is 6.81. The van der Waals surface area contributed by atoms with Gasteiger partial charge in [-0.1, -0.05) is 25.1 Å². The number of esters is 1. The lowest BCUT2D eigenvalue weighted by Gasteiger charge is -2.08. The number of carbonyl (C=O) groups excluding carboxylic acids is 2. The van der Waals surface area contributed by atoms with Crippen LogP contribution in [0.15, 0.2) is 30.5 Å². The number of benzene rings is 1. The number of ether oxygens (including phenoxy) is 1. The number of ketones is 1. The van der Waals surface area contributed by atoms with Crippen LogP contribution in [-0.2, 0) is 27.3 Å². The van der Waals surface area contributed by atoms with Crippen molar-refractivity contribution in [2.75, 3.05) is 6.61 Å². The van der Waals surface area contributed by atoms with Gasteiger partial charge >= 0.3 is 5.97 Å². The predicted molar refractivity (Wildman–Crippen MR) is 82.2 cm³/mol. The molecule has 0 aliphatic rings. The van der Waals surface area contributed by atoms with Gasteiger partial charge in [-0.25, -0.2) is 0 Å². The van der Waals surface area contributed by atoms with E-state index in [9.17, 15) is 9.59 Å². The van der Waals surface area contributed by atoms with Crippen molar-refractivity contribution in [1.82, 2.24) is 4.57 Å². The number of para-hydroxylation sites is 1. The summed E-state index contributed by atoms with van der Waals surface area (Å²) in [6.07, 6.45) is 3.25. The number of hydrogen-bond donors (Lipinski definition) is 0. The first kappa shape index (κ1) is 15.3. The standard InChI is InChI=1S/C17H21NO3/c1-3-13-6-5-7-14-10-11-18(17(13)14)12-15(19)8-9-16(20)21-4-2/h5-7,10-11H,3-4,8-9,12H2,1-2H3. The summed E-state index contributed by atoms with van der Waals surface area (Å²) in [5, 5.41) is 1.15. The maximum absolute atomic E-state index is 12.0. The van der Waals surface area contributed by atoms with Crippen molar-refractivity contribution in [1.29, 1.82) is 0 Å². The summed E-state index contributed by atoms with van der Waals surface area (Å²) in [5.41, 5.74) is 2.35. The van der Waals surface area contributed by atoms with Crippen LogP contribution in [-0.4, -0.2) is 22.9 Å². The summed E-state index contributed by atoms with van der Waals surface area (Å²) in [4.78, 5) is 23.3. The van der Waals surface area contributed by atoms with Crippen molar-refractivity contribution in [3.8, 4) is 0 Å². The quantitative estimate of drug-likeness (QED) is 0.735. The van der Waals surface area contributed by atoms with Crippen LogP contribution in [0.25, 0.3) is 10.9 Å². The Balaban J connectivity index is 2.06. The highest BCUT2D eigenvalue weighted by Gasteiger charge is 2.11. The molecule has 1 heterocycles. The van der Waals surface area contributed by atoms with Gasteiger partial charge < -0.3 is 9.30 Å². The topological polar surface area (TPSA) is 48.3 Å². The van der Waals surface area contributed by atoms with Crippen LogP contribution in [0.5, 0.6) is 0 Å². The van der Waals surface area contributed by atoms with Gasteiger partial charge in [-0.15, -0.1) is 0 Å². The molecule has 0 amide bonds. The molecule has 0 aliphatic carbocycles. The van der Waals surface area contributed by atoms with Gasteiger partial charge in [0, 0.05) is 12.6 Å². The highest BCUT2D eigenvalue weighted by Crippen LogP contribution is 2.21. The number of hydrogen-bond acceptors (Lipinski definition) is 3. The predicted octanol–water partition coefficient (Wildman–Crippen LogP) is 3.12. The minimum Gasteiger partial charge on any atom is -0.466 e. The smallest absolute Gasteiger partial charge is 0.306 e. The summed E-state index contributed by atoms with van der Waals surface area (Å²) >= 11 is 0. The van der Waals surface area contributed by atoms with E-state index in [0.29, 0.717) is 13.2 Å². The maximum atomic E-state index is 12.0. The molecule has 112 valence electrons. The third kappa shape index (κ3) is 3.72. The zero-order chi connectivity index (χ0) is 15.2. The molecule has 0 bridgehead atoms. The summed E-state index contributed by atoms with van der Waals surface area (Å²) in [6, 6.07) is 8.19. The second kappa shape index (κ2) is 7.07. The molecule has 2 aromatic rings. The lowest BCUT2D eigenvalue weighted by Crippen LogP contribution is -2.13. The summed E-state index contributed by atoms with van der Waals surface area (Å²) in [6.45, 7) is 4.53. The van der Waals surface area contributed by atoms with Crippen LogP contribution < -0.4 is 0 Å². The largest absolute Gasteiger partial charge is 0.466 e. The van der Waals surface area contributed by atoms with Crippen LogP contribution in [0.1, 0.15) is 32.3 Å². The van der Waals surface area contributed by atoms with E-state index in [-0.39, 0.29) is 24.6 Å². The number of carbonyl (C=O) groups is 2. The number of rotatable bonds is 7. The Morgan fingerprint density at radius 3 is 2.67 bits per heavy atom. The molecule has 0 fully saturated rings. The van der Waals surface area contributed by atoms with E-state index in [1.807, 2.05) is 29.0 Å². The monoisotopic (exact) mass is 287 g/mol. The van der Waals surface area contributed by atoms with E-state index >= 15 is 0 Å². The van der Waals surface area contributed by atoms with Gasteiger partial charge in [-0.3, -0.25) is 9.59 Å². The van der Waals surface area contributed by atoms with E-state index in [1.165, 1.54) is 5.56 Å². The van der Waals surface area contributed by atoms with Crippen LogP contribution in [0.4, 0.5) is 0 Å². The molecule has 21 heavy (non-hydrogen) atoms. The Labute approximate surface area is 124 Å². The molecule has 2 rings (SSSR count). The van der Waals surface area contributed by atoms with E-state index in [1.54, 1.807) is 6.92 Å². The van der Waals surface area contributed by atoms with E-state index in [2.05, 4.69) is 13.0 Å². The van der Waals surface area contributed by atoms with Crippen LogP contribution in [0.3, 0.4) is 0 Å². The molecule has 0 aliphatic heterocycles. The minimum atomic E-state index is -0.308. The number of aromatic nitrogens is 1. The van der Waals surface area contributed by atoms with Crippen molar-refractivity contribution in [2.24, 2.45) is 0 Å². The Kier molecular flexibility index (Phi) is 5.14. The van der Waals surface area contributed by atoms with Gasteiger partial charge in [0.05, 0.1) is 25.1 Å². The van der Waals surface area contributed by atoms with Crippen molar-refractivity contribution >= 4 is 22.7 Å². The molecule has 1 aromatic heterocycles. The van der Waals surface area contributed by atoms with Crippen molar-refractivity contribution in [3.05, 3.63) is 36.0 Å². The Bertz CT molecular complexity index is 643. The average molecular weight is 287 g/mol. The highest BCUT2D eigenvalue weighted by atomic mass is 16.5. The molecule has 0 atom stereocenters. The van der Waals surface area contributed by atoms with E-state index in [0.717, 1.165) is 17.3 Å².